The molecule has 48 heavy (non-hydrogen) atoms. The number of Topliss-reactive ketones (excluding diaryl/α,β-unsaturated/α-hetero) is 2. The molecule has 10 nitrogen and oxygen atoms in total. The summed E-state index contributed by atoms with van der Waals surface area (Å²) in [5.41, 5.74) is -1.82. The minimum atomic E-state index is -2.45. The number of unbranched alkanes of at least 4 members (excludes halogenated alkanes) is 2. The second kappa shape index (κ2) is 13.8. The van der Waals surface area contributed by atoms with Gasteiger partial charge in [-0.25, -0.2) is 4.39 Å². The van der Waals surface area contributed by atoms with E-state index in [1.807, 2.05) is 20.8 Å². The standard InChI is InChI=1S/C36H47BrFN3O7/c1-6-8-15-46-31-25-21(28(38)23(27(31)37)19(3)41-13-11-10-12-14-41)17-20-18-22-29(40(4)5)32-26(35(39-48-32)47-16-9-7-2)34(44)36(22,45)33(43)24(20)30(25)42/h19-20,22,29,43,45H,6-18H2,1-5H3/t19?,20-,22-,29-,36-/m0/s1. The number of nitrogens with zero attached hydrogens (tertiary/aromatic N) is 3. The number of rotatable bonds is 11. The van der Waals surface area contributed by atoms with Crippen LogP contribution in [0.5, 0.6) is 11.6 Å². The maximum atomic E-state index is 16.9. The molecule has 262 valence electrons. The van der Waals surface area contributed by atoms with Crippen LogP contribution in [0.1, 0.15) is 122 Å². The van der Waals surface area contributed by atoms with Crippen molar-refractivity contribution in [2.24, 2.45) is 11.8 Å². The summed E-state index contributed by atoms with van der Waals surface area (Å²) in [5, 5.41) is 28.4. The molecule has 2 aromatic rings. The van der Waals surface area contributed by atoms with Gasteiger partial charge in [-0.05, 0) is 99.6 Å². The summed E-state index contributed by atoms with van der Waals surface area (Å²) in [6.45, 7) is 8.35. The van der Waals surface area contributed by atoms with Crippen LogP contribution >= 0.6 is 15.9 Å². The highest BCUT2D eigenvalue weighted by Gasteiger charge is 2.64. The van der Waals surface area contributed by atoms with Gasteiger partial charge in [0, 0.05) is 28.7 Å². The number of carbonyl (C=O) groups excluding carboxylic acids is 2. The lowest BCUT2D eigenvalue weighted by molar-refractivity contribution is -0.0559. The van der Waals surface area contributed by atoms with Gasteiger partial charge in [-0.1, -0.05) is 33.1 Å². The molecular weight excluding hydrogens is 685 g/mol. The Morgan fingerprint density at radius 1 is 1.10 bits per heavy atom. The predicted molar refractivity (Wildman–Crippen MR) is 180 cm³/mol. The molecule has 1 unspecified atom stereocenters. The van der Waals surface area contributed by atoms with Crippen LogP contribution in [-0.4, -0.2) is 82.7 Å². The number of likely N-dealkylation sites (tertiary alicyclic amines) is 1. The van der Waals surface area contributed by atoms with E-state index in [2.05, 4.69) is 26.0 Å². The molecule has 3 aliphatic carbocycles. The van der Waals surface area contributed by atoms with Crippen molar-refractivity contribution >= 4 is 27.5 Å². The van der Waals surface area contributed by atoms with Crippen LogP contribution in [0.4, 0.5) is 4.39 Å². The molecule has 1 aromatic carbocycles. The molecule has 0 amide bonds. The average molecular weight is 733 g/mol. The predicted octanol–water partition coefficient (Wildman–Crippen LogP) is 6.90. The Bertz CT molecular complexity index is 1620. The molecular formula is C36H47BrFN3O7. The highest BCUT2D eigenvalue weighted by molar-refractivity contribution is 9.10. The number of halogens is 2. The molecule has 6 rings (SSSR count). The van der Waals surface area contributed by atoms with Crippen molar-refractivity contribution in [1.29, 1.82) is 0 Å². The lowest BCUT2D eigenvalue weighted by Crippen LogP contribution is -2.59. The average Bonchev–Trinajstić information content (AvgIpc) is 3.48. The number of allylic oxidation sites excluding steroid dienone is 1. The molecule has 2 heterocycles. The van der Waals surface area contributed by atoms with Crippen LogP contribution in [0.2, 0.25) is 0 Å². The highest BCUT2D eigenvalue weighted by Crippen LogP contribution is 2.57. The maximum absolute atomic E-state index is 16.9. The lowest BCUT2D eigenvalue weighted by Gasteiger charge is -2.49. The summed E-state index contributed by atoms with van der Waals surface area (Å²) < 4.78 is 35.1. The van der Waals surface area contributed by atoms with E-state index in [9.17, 15) is 19.8 Å². The van der Waals surface area contributed by atoms with Crippen LogP contribution < -0.4 is 9.47 Å². The van der Waals surface area contributed by atoms with Gasteiger partial charge >= 0.3 is 0 Å². The van der Waals surface area contributed by atoms with Crippen LogP contribution in [0, 0.1) is 17.7 Å². The Balaban J connectivity index is 1.49. The van der Waals surface area contributed by atoms with E-state index >= 15 is 4.39 Å². The van der Waals surface area contributed by atoms with Gasteiger partial charge in [0.1, 0.15) is 22.9 Å². The normalized spacial score (nSPS) is 26.2. The number of ketones is 2. The van der Waals surface area contributed by atoms with Gasteiger partial charge < -0.3 is 24.2 Å². The minimum absolute atomic E-state index is 0.0339. The van der Waals surface area contributed by atoms with Crippen LogP contribution in [-0.2, 0) is 6.42 Å². The summed E-state index contributed by atoms with van der Waals surface area (Å²) in [6.07, 6.45) is 6.61. The van der Waals surface area contributed by atoms with Gasteiger partial charge in [0.25, 0.3) is 5.88 Å². The third-order valence-corrected chi connectivity index (χ3v) is 11.6. The van der Waals surface area contributed by atoms with Gasteiger partial charge in [0.15, 0.2) is 17.1 Å². The molecule has 2 N–H and O–H groups in total. The molecule has 1 fully saturated rings. The first-order valence-electron chi connectivity index (χ1n) is 17.4. The lowest BCUT2D eigenvalue weighted by atomic mass is 9.58. The Morgan fingerprint density at radius 2 is 1.77 bits per heavy atom. The summed E-state index contributed by atoms with van der Waals surface area (Å²) in [5.74, 6) is -3.76. The van der Waals surface area contributed by atoms with E-state index in [-0.39, 0.29) is 58.5 Å². The van der Waals surface area contributed by atoms with Gasteiger partial charge in [-0.15, -0.1) is 0 Å². The third kappa shape index (κ3) is 5.51. The van der Waals surface area contributed by atoms with E-state index in [4.69, 9.17) is 14.0 Å². The molecule has 1 aliphatic heterocycles. The number of ether oxygens (including phenoxy) is 2. The number of aliphatic hydroxyl groups excluding tert-OH is 1. The first kappa shape index (κ1) is 35.0. The Labute approximate surface area is 289 Å². The SMILES string of the molecule is CCCCOc1noc2c1C(=O)[C@@]1(O)C(O)=C3C(=O)c4c(c(F)c(C(C)N5CCCCC5)c(Br)c4OCCCC)C[C@H]3C[C@H]1[C@@H]2N(C)C. The zero-order valence-electron chi connectivity index (χ0n) is 28.5. The smallest absolute Gasteiger partial charge is 0.265 e. The monoisotopic (exact) mass is 731 g/mol. The number of carbonyl (C=O) groups is 2. The first-order valence-corrected chi connectivity index (χ1v) is 18.2. The van der Waals surface area contributed by atoms with Gasteiger partial charge in [-0.2, -0.15) is 0 Å². The minimum Gasteiger partial charge on any atom is -0.508 e. The molecule has 0 saturated carbocycles. The van der Waals surface area contributed by atoms with E-state index in [1.165, 1.54) is 0 Å². The largest absolute Gasteiger partial charge is 0.508 e. The van der Waals surface area contributed by atoms with E-state index in [0.717, 1.165) is 58.0 Å². The van der Waals surface area contributed by atoms with E-state index in [0.29, 0.717) is 23.2 Å². The number of benzene rings is 1. The molecule has 0 radical (unpaired) electrons. The number of aromatic nitrogens is 1. The van der Waals surface area contributed by atoms with Crippen LogP contribution in [0.15, 0.2) is 20.3 Å². The number of fused-ring (bicyclic) bond motifs is 4. The van der Waals surface area contributed by atoms with Crippen molar-refractivity contribution < 1.29 is 38.2 Å². The van der Waals surface area contributed by atoms with E-state index < -0.39 is 46.6 Å². The number of piperidine rings is 1. The van der Waals surface area contributed by atoms with Crippen molar-refractivity contribution in [3.05, 3.63) is 49.6 Å². The van der Waals surface area contributed by atoms with Crippen molar-refractivity contribution in [2.45, 2.75) is 96.2 Å². The Kier molecular flexibility index (Phi) is 10.1. The first-order chi connectivity index (χ1) is 23.0. The van der Waals surface area contributed by atoms with Gasteiger partial charge in [0.05, 0.1) is 29.3 Å². The second-order valence-electron chi connectivity index (χ2n) is 14.0. The third-order valence-electron chi connectivity index (χ3n) is 10.8. The molecule has 1 saturated heterocycles. The fourth-order valence-corrected chi connectivity index (χ4v) is 9.04. The van der Waals surface area contributed by atoms with Crippen LogP contribution in [0.25, 0.3) is 0 Å². The van der Waals surface area contributed by atoms with Crippen LogP contribution in [0.3, 0.4) is 0 Å². The topological polar surface area (TPSA) is 126 Å². The van der Waals surface area contributed by atoms with Crippen molar-refractivity contribution in [2.75, 3.05) is 40.4 Å². The zero-order valence-corrected chi connectivity index (χ0v) is 30.1. The molecule has 4 aliphatic rings. The van der Waals surface area contributed by atoms with Crippen molar-refractivity contribution in [3.63, 3.8) is 0 Å². The highest BCUT2D eigenvalue weighted by atomic mass is 79.9. The van der Waals surface area contributed by atoms with Crippen molar-refractivity contribution in [1.82, 2.24) is 15.0 Å². The fraction of sp³-hybridized carbons (Fsp3) is 0.639. The fourth-order valence-electron chi connectivity index (χ4n) is 8.22. The molecule has 1 aromatic heterocycles. The van der Waals surface area contributed by atoms with Gasteiger partial charge in [-0.3, -0.25) is 19.4 Å². The number of hydrogen-bond donors (Lipinski definition) is 2. The van der Waals surface area contributed by atoms with Crippen molar-refractivity contribution in [3.8, 4) is 11.6 Å². The zero-order chi connectivity index (χ0) is 34.5. The summed E-state index contributed by atoms with van der Waals surface area (Å²) in [7, 11) is 3.57. The Morgan fingerprint density at radius 3 is 2.42 bits per heavy atom. The summed E-state index contributed by atoms with van der Waals surface area (Å²) >= 11 is 3.65. The maximum Gasteiger partial charge on any atom is 0.265 e. The number of aliphatic hydroxyl groups is 2. The van der Waals surface area contributed by atoms with E-state index in [1.54, 1.807) is 19.0 Å². The Hall–Kier alpha value is -2.80. The summed E-state index contributed by atoms with van der Waals surface area (Å²) in [4.78, 5) is 32.9. The van der Waals surface area contributed by atoms with Gasteiger partial charge in [0.2, 0.25) is 5.78 Å². The molecule has 12 heteroatoms. The molecule has 0 bridgehead atoms. The molecule has 0 spiro atoms. The number of hydrogen-bond acceptors (Lipinski definition) is 10. The quantitative estimate of drug-likeness (QED) is 0.236. The summed E-state index contributed by atoms with van der Waals surface area (Å²) in [6, 6.07) is -0.945. The second-order valence-corrected chi connectivity index (χ2v) is 14.8. The molecule has 5 atom stereocenters.